The summed E-state index contributed by atoms with van der Waals surface area (Å²) in [6.07, 6.45) is 2.15. The van der Waals surface area contributed by atoms with E-state index in [0.717, 1.165) is 11.1 Å². The largest absolute Gasteiger partial charge is 0.465 e. The van der Waals surface area contributed by atoms with Crippen LogP contribution in [-0.2, 0) is 30.8 Å². The zero-order valence-corrected chi connectivity index (χ0v) is 21.5. The first-order valence-corrected chi connectivity index (χ1v) is 11.8. The maximum atomic E-state index is 13.0. The number of thioether (sulfide) groups is 1. The Labute approximate surface area is 192 Å². The van der Waals surface area contributed by atoms with Crippen molar-refractivity contribution in [3.8, 4) is 0 Å². The molecule has 0 spiro atoms. The summed E-state index contributed by atoms with van der Waals surface area (Å²) < 4.78 is 16.5. The second kappa shape index (κ2) is 10.7. The van der Waals surface area contributed by atoms with E-state index < -0.39 is 22.8 Å². The molecule has 0 radical (unpaired) electrons. The van der Waals surface area contributed by atoms with Crippen LogP contribution in [0.3, 0.4) is 0 Å². The number of nitrogens with zero attached hydrogens (tertiary/aromatic N) is 1. The van der Waals surface area contributed by atoms with Crippen LogP contribution in [0.1, 0.15) is 66.5 Å². The van der Waals surface area contributed by atoms with Gasteiger partial charge in [0.1, 0.15) is 11.3 Å². The molecule has 0 N–H and O–H groups in total. The lowest BCUT2D eigenvalue weighted by atomic mass is 9.84. The highest BCUT2D eigenvalue weighted by molar-refractivity contribution is 7.99. The van der Waals surface area contributed by atoms with Crippen LogP contribution in [0.4, 0.5) is 4.79 Å². The fraction of sp³-hybridized carbons (Fsp3) is 0.667. The molecular formula is C24H39NO5S. The Balaban J connectivity index is 3.15. The van der Waals surface area contributed by atoms with Gasteiger partial charge in [-0.3, -0.25) is 9.69 Å². The predicted molar refractivity (Wildman–Crippen MR) is 126 cm³/mol. The van der Waals surface area contributed by atoms with Crippen LogP contribution in [0.2, 0.25) is 0 Å². The van der Waals surface area contributed by atoms with Crippen LogP contribution in [0, 0.1) is 0 Å². The smallest absolute Gasteiger partial charge is 0.413 e. The molecule has 1 unspecified atom stereocenters. The molecule has 0 saturated carbocycles. The Hall–Kier alpha value is -1.73. The summed E-state index contributed by atoms with van der Waals surface area (Å²) in [5.74, 6) is -0.248. The lowest BCUT2D eigenvalue weighted by Crippen LogP contribution is -2.55. The van der Waals surface area contributed by atoms with Gasteiger partial charge in [0, 0.05) is 13.5 Å². The van der Waals surface area contributed by atoms with Gasteiger partial charge in [0.15, 0.2) is 0 Å². The SMILES string of the molecule is CCOC(=O)C(C)(C)c1ccc(CC(SC)N(C(=O)OC(C)(C)C)C(C)(C)OC)cc1. The maximum absolute atomic E-state index is 13.0. The second-order valence-electron chi connectivity index (χ2n) is 9.44. The third kappa shape index (κ3) is 7.42. The first-order valence-electron chi connectivity index (χ1n) is 10.6. The highest BCUT2D eigenvalue weighted by Gasteiger charge is 2.39. The van der Waals surface area contributed by atoms with E-state index >= 15 is 0 Å². The van der Waals surface area contributed by atoms with Gasteiger partial charge in [0.2, 0.25) is 0 Å². The zero-order valence-electron chi connectivity index (χ0n) is 20.7. The van der Waals surface area contributed by atoms with Crippen LogP contribution >= 0.6 is 11.8 Å². The third-order valence-electron chi connectivity index (χ3n) is 5.10. The molecule has 0 heterocycles. The van der Waals surface area contributed by atoms with E-state index in [1.54, 1.807) is 30.7 Å². The standard InChI is InChI=1S/C24H39NO5S/c1-11-29-20(26)23(5,6)18-14-12-17(13-15-18)16-19(31-10)25(24(7,8)28-9)21(27)30-22(2,3)4/h12-15,19H,11,16H2,1-10H3. The minimum Gasteiger partial charge on any atom is -0.465 e. The first kappa shape index (κ1) is 27.3. The van der Waals surface area contributed by atoms with Crippen LogP contribution in [0.15, 0.2) is 24.3 Å². The molecule has 31 heavy (non-hydrogen) atoms. The van der Waals surface area contributed by atoms with E-state index in [-0.39, 0.29) is 11.3 Å². The number of ether oxygens (including phenoxy) is 3. The Bertz CT molecular complexity index is 737. The number of carbonyl (C=O) groups excluding carboxylic acids is 2. The molecule has 6 nitrogen and oxygen atoms in total. The summed E-state index contributed by atoms with van der Waals surface area (Å²) in [4.78, 5) is 27.0. The number of carbonyl (C=O) groups is 2. The van der Waals surface area contributed by atoms with Crippen LogP contribution in [-0.4, -0.2) is 53.6 Å². The van der Waals surface area contributed by atoms with Crippen molar-refractivity contribution in [2.45, 2.75) is 83.9 Å². The van der Waals surface area contributed by atoms with Gasteiger partial charge in [-0.2, -0.15) is 0 Å². The lowest BCUT2D eigenvalue weighted by Gasteiger charge is -2.42. The molecule has 0 bridgehead atoms. The molecule has 1 atom stereocenters. The average Bonchev–Trinajstić information content (AvgIpc) is 2.66. The number of amides is 1. The van der Waals surface area contributed by atoms with Gasteiger partial charge in [-0.25, -0.2) is 4.79 Å². The van der Waals surface area contributed by atoms with Crippen molar-refractivity contribution < 1.29 is 23.8 Å². The van der Waals surface area contributed by atoms with Gasteiger partial charge in [-0.05, 0) is 72.8 Å². The molecule has 7 heteroatoms. The quantitative estimate of drug-likeness (QED) is 0.369. The fourth-order valence-corrected chi connectivity index (χ4v) is 3.97. The van der Waals surface area contributed by atoms with E-state index in [0.29, 0.717) is 13.0 Å². The van der Waals surface area contributed by atoms with Gasteiger partial charge in [-0.1, -0.05) is 24.3 Å². The molecule has 1 amide bonds. The molecule has 0 aliphatic heterocycles. The van der Waals surface area contributed by atoms with E-state index in [9.17, 15) is 9.59 Å². The Morgan fingerprint density at radius 3 is 2.00 bits per heavy atom. The molecule has 0 aliphatic carbocycles. The number of hydrogen-bond acceptors (Lipinski definition) is 6. The third-order valence-corrected chi connectivity index (χ3v) is 6.02. The van der Waals surface area contributed by atoms with E-state index in [1.165, 1.54) is 0 Å². The Morgan fingerprint density at radius 1 is 1.03 bits per heavy atom. The predicted octanol–water partition coefficient (Wildman–Crippen LogP) is 5.38. The number of esters is 1. The van der Waals surface area contributed by atoms with Gasteiger partial charge < -0.3 is 14.2 Å². The summed E-state index contributed by atoms with van der Waals surface area (Å²) in [6.45, 7) is 15.1. The van der Waals surface area contributed by atoms with E-state index in [2.05, 4.69) is 0 Å². The highest BCUT2D eigenvalue weighted by Crippen LogP contribution is 2.30. The van der Waals surface area contributed by atoms with Crippen molar-refractivity contribution in [1.82, 2.24) is 4.90 Å². The molecule has 0 saturated heterocycles. The van der Waals surface area contributed by atoms with Gasteiger partial charge >= 0.3 is 12.1 Å². The van der Waals surface area contributed by atoms with Gasteiger partial charge in [0.25, 0.3) is 0 Å². The molecule has 0 aromatic heterocycles. The molecular weight excluding hydrogens is 414 g/mol. The summed E-state index contributed by atoms with van der Waals surface area (Å²) >= 11 is 1.56. The molecule has 0 aliphatic rings. The number of methoxy groups -OCH3 is 1. The highest BCUT2D eigenvalue weighted by atomic mass is 32.2. The minimum atomic E-state index is -0.845. The number of rotatable bonds is 9. The molecule has 176 valence electrons. The number of hydrogen-bond donors (Lipinski definition) is 0. The average molecular weight is 454 g/mol. The summed E-state index contributed by atoms with van der Waals surface area (Å²) in [6, 6.07) is 7.88. The zero-order chi connectivity index (χ0) is 24.0. The fourth-order valence-electron chi connectivity index (χ4n) is 3.06. The Kier molecular flexibility index (Phi) is 9.45. The minimum absolute atomic E-state index is 0.200. The van der Waals surface area contributed by atoms with E-state index in [1.807, 2.05) is 79.0 Å². The maximum Gasteiger partial charge on any atom is 0.413 e. The second-order valence-corrected chi connectivity index (χ2v) is 10.5. The molecule has 1 aromatic rings. The van der Waals surface area contributed by atoms with Crippen molar-refractivity contribution in [3.63, 3.8) is 0 Å². The van der Waals surface area contributed by atoms with Crippen molar-refractivity contribution in [2.75, 3.05) is 20.0 Å². The Morgan fingerprint density at radius 2 is 1.58 bits per heavy atom. The normalized spacial score (nSPS) is 13.5. The van der Waals surface area contributed by atoms with Gasteiger partial charge in [0.05, 0.1) is 17.4 Å². The molecule has 1 rings (SSSR count). The first-order chi connectivity index (χ1) is 14.2. The monoisotopic (exact) mass is 453 g/mol. The number of benzene rings is 1. The molecule has 1 aromatic carbocycles. The van der Waals surface area contributed by atoms with Crippen molar-refractivity contribution in [1.29, 1.82) is 0 Å². The summed E-state index contributed by atoms with van der Waals surface area (Å²) in [7, 11) is 1.58. The topological polar surface area (TPSA) is 65.1 Å². The van der Waals surface area contributed by atoms with Crippen LogP contribution in [0.5, 0.6) is 0 Å². The van der Waals surface area contributed by atoms with E-state index in [4.69, 9.17) is 14.2 Å². The van der Waals surface area contributed by atoms with Crippen molar-refractivity contribution >= 4 is 23.8 Å². The van der Waals surface area contributed by atoms with Crippen molar-refractivity contribution in [3.05, 3.63) is 35.4 Å². The van der Waals surface area contributed by atoms with Crippen molar-refractivity contribution in [2.24, 2.45) is 0 Å². The van der Waals surface area contributed by atoms with Crippen LogP contribution < -0.4 is 0 Å². The van der Waals surface area contributed by atoms with Gasteiger partial charge in [-0.15, -0.1) is 11.8 Å². The molecule has 0 fully saturated rings. The summed E-state index contributed by atoms with van der Waals surface area (Å²) in [5.41, 5.74) is -0.252. The lowest BCUT2D eigenvalue weighted by molar-refractivity contribution is -0.148. The summed E-state index contributed by atoms with van der Waals surface area (Å²) in [5, 5.41) is -0.200. The van der Waals surface area contributed by atoms with Crippen LogP contribution in [0.25, 0.3) is 0 Å².